The summed E-state index contributed by atoms with van der Waals surface area (Å²) in [5, 5.41) is 26.8. The molecule has 1 aromatic carbocycles. The van der Waals surface area contributed by atoms with Crippen molar-refractivity contribution in [1.82, 2.24) is 19.5 Å². The van der Waals surface area contributed by atoms with Crippen LogP contribution >= 0.6 is 0 Å². The van der Waals surface area contributed by atoms with Gasteiger partial charge >= 0.3 is 0 Å². The highest BCUT2D eigenvalue weighted by molar-refractivity contribution is 5.84. The van der Waals surface area contributed by atoms with Gasteiger partial charge in [0.25, 0.3) is 0 Å². The van der Waals surface area contributed by atoms with Gasteiger partial charge in [-0.15, -0.1) is 0 Å². The third-order valence-electron chi connectivity index (χ3n) is 6.28. The van der Waals surface area contributed by atoms with E-state index in [1.54, 1.807) is 13.8 Å². The Morgan fingerprint density at radius 1 is 1.22 bits per heavy atom. The first-order chi connectivity index (χ1) is 15.2. The lowest BCUT2D eigenvalue weighted by molar-refractivity contribution is 0.0646. The van der Waals surface area contributed by atoms with Crippen LogP contribution in [0.5, 0.6) is 5.75 Å². The average molecular weight is 443 g/mol. The molecular weight excluding hydrogens is 411 g/mol. The van der Waals surface area contributed by atoms with Crippen molar-refractivity contribution in [3.63, 3.8) is 0 Å². The van der Waals surface area contributed by atoms with Gasteiger partial charge in [0.2, 0.25) is 5.95 Å². The summed E-state index contributed by atoms with van der Waals surface area (Å²) in [6.45, 7) is 5.49. The molecule has 32 heavy (non-hydrogen) atoms. The summed E-state index contributed by atoms with van der Waals surface area (Å²) in [5.74, 6) is 0.440. The fraction of sp³-hybridized carbons (Fsp3) is 0.522. The molecule has 4 rings (SSSR count). The van der Waals surface area contributed by atoms with Gasteiger partial charge in [-0.25, -0.2) is 9.37 Å². The Balaban J connectivity index is 1.70. The number of aliphatic hydroxyl groups is 1. The van der Waals surface area contributed by atoms with Crippen molar-refractivity contribution in [2.45, 2.75) is 77.1 Å². The molecule has 0 bridgehead atoms. The Hall–Kier alpha value is -2.94. The first-order valence-corrected chi connectivity index (χ1v) is 11.2. The van der Waals surface area contributed by atoms with Gasteiger partial charge in [0.15, 0.2) is 17.0 Å². The number of hydrogen-bond acceptors (Lipinski definition) is 7. The predicted octanol–water partition coefficient (Wildman–Crippen LogP) is 4.36. The van der Waals surface area contributed by atoms with Crippen molar-refractivity contribution >= 4 is 22.9 Å². The van der Waals surface area contributed by atoms with E-state index in [0.29, 0.717) is 34.5 Å². The van der Waals surface area contributed by atoms with Gasteiger partial charge in [0, 0.05) is 18.2 Å². The third kappa shape index (κ3) is 4.77. The van der Waals surface area contributed by atoms with E-state index in [0.717, 1.165) is 12.8 Å². The van der Waals surface area contributed by atoms with Gasteiger partial charge in [-0.05, 0) is 51.8 Å². The zero-order chi connectivity index (χ0) is 22.9. The van der Waals surface area contributed by atoms with Gasteiger partial charge in [-0.1, -0.05) is 19.3 Å². The Labute approximate surface area is 186 Å². The number of anilines is 2. The second-order valence-electron chi connectivity index (χ2n) is 9.16. The van der Waals surface area contributed by atoms with E-state index in [1.807, 2.05) is 13.3 Å². The van der Waals surface area contributed by atoms with E-state index in [9.17, 15) is 14.6 Å². The van der Waals surface area contributed by atoms with Gasteiger partial charge in [0.1, 0.15) is 11.6 Å². The number of hydrogen-bond donors (Lipinski definition) is 4. The minimum absolute atomic E-state index is 0.00550. The quantitative estimate of drug-likeness (QED) is 0.431. The summed E-state index contributed by atoms with van der Waals surface area (Å²) in [7, 11) is 0. The minimum atomic E-state index is -0.969. The Kier molecular flexibility index (Phi) is 6.19. The molecule has 1 fully saturated rings. The standard InChI is InChI=1S/C23H31FN6O2/c1-14(23(2,3)32)27-22-28-20(25-12-15-11-16(24)9-10-18(15)31)19-21(29-22)30(13-26-19)17-7-5-4-6-8-17/h9-11,13-14,17,31-32H,4-8,12H2,1-3H3,(H2,25,27,28,29). The molecule has 0 radical (unpaired) electrons. The summed E-state index contributed by atoms with van der Waals surface area (Å²) in [6, 6.07) is 3.87. The van der Waals surface area contributed by atoms with E-state index in [1.165, 1.54) is 37.5 Å². The first kappa shape index (κ1) is 22.3. The molecule has 0 aliphatic heterocycles. The van der Waals surface area contributed by atoms with Crippen LogP contribution in [0.25, 0.3) is 11.2 Å². The molecular formula is C23H31FN6O2. The molecule has 2 heterocycles. The van der Waals surface area contributed by atoms with Crippen molar-refractivity contribution < 1.29 is 14.6 Å². The van der Waals surface area contributed by atoms with Gasteiger partial charge in [-0.3, -0.25) is 0 Å². The normalized spacial score (nSPS) is 16.3. The number of aromatic hydroxyl groups is 1. The average Bonchev–Trinajstić information content (AvgIpc) is 3.18. The predicted molar refractivity (Wildman–Crippen MR) is 122 cm³/mol. The number of rotatable bonds is 7. The summed E-state index contributed by atoms with van der Waals surface area (Å²) in [6.07, 6.45) is 7.58. The van der Waals surface area contributed by atoms with Crippen LogP contribution in [0.1, 0.15) is 64.5 Å². The lowest BCUT2D eigenvalue weighted by atomic mass is 9.95. The van der Waals surface area contributed by atoms with Crippen LogP contribution in [0.4, 0.5) is 16.2 Å². The number of nitrogens with zero attached hydrogens (tertiary/aromatic N) is 4. The van der Waals surface area contributed by atoms with Crippen molar-refractivity contribution in [2.24, 2.45) is 0 Å². The summed E-state index contributed by atoms with van der Waals surface area (Å²) in [4.78, 5) is 13.9. The van der Waals surface area contributed by atoms with E-state index in [-0.39, 0.29) is 18.3 Å². The van der Waals surface area contributed by atoms with E-state index in [4.69, 9.17) is 4.98 Å². The Morgan fingerprint density at radius 2 is 1.97 bits per heavy atom. The zero-order valence-corrected chi connectivity index (χ0v) is 18.8. The fourth-order valence-corrected chi connectivity index (χ4v) is 3.98. The number of fused-ring (bicyclic) bond motifs is 1. The van der Waals surface area contributed by atoms with Crippen LogP contribution in [0.2, 0.25) is 0 Å². The lowest BCUT2D eigenvalue weighted by Crippen LogP contribution is -2.39. The number of halogens is 1. The lowest BCUT2D eigenvalue weighted by Gasteiger charge is -2.27. The molecule has 0 saturated heterocycles. The number of imidazole rings is 1. The van der Waals surface area contributed by atoms with E-state index >= 15 is 0 Å². The molecule has 2 aromatic heterocycles. The number of aromatic nitrogens is 4. The molecule has 1 aliphatic rings. The molecule has 0 spiro atoms. The van der Waals surface area contributed by atoms with Crippen LogP contribution < -0.4 is 10.6 Å². The van der Waals surface area contributed by atoms with Crippen LogP contribution in [0.3, 0.4) is 0 Å². The molecule has 1 atom stereocenters. The van der Waals surface area contributed by atoms with E-state index in [2.05, 4.69) is 25.2 Å². The summed E-state index contributed by atoms with van der Waals surface area (Å²) < 4.78 is 15.8. The monoisotopic (exact) mass is 442 g/mol. The largest absolute Gasteiger partial charge is 0.508 e. The maximum atomic E-state index is 13.6. The van der Waals surface area contributed by atoms with Crippen LogP contribution in [-0.4, -0.2) is 41.4 Å². The van der Waals surface area contributed by atoms with Gasteiger partial charge < -0.3 is 25.4 Å². The molecule has 1 saturated carbocycles. The number of nitrogens with one attached hydrogen (secondary N) is 2. The van der Waals surface area contributed by atoms with Crippen molar-refractivity contribution in [3.05, 3.63) is 35.9 Å². The van der Waals surface area contributed by atoms with E-state index < -0.39 is 11.4 Å². The molecule has 1 unspecified atom stereocenters. The SMILES string of the molecule is CC(Nc1nc(NCc2cc(F)ccc2O)c2ncn(C3CCCCC3)c2n1)C(C)(C)O. The zero-order valence-electron chi connectivity index (χ0n) is 18.8. The van der Waals surface area contributed by atoms with Gasteiger partial charge in [0.05, 0.1) is 18.0 Å². The molecule has 3 aromatic rings. The highest BCUT2D eigenvalue weighted by Gasteiger charge is 2.25. The molecule has 9 heteroatoms. The van der Waals surface area contributed by atoms with Crippen molar-refractivity contribution in [1.29, 1.82) is 0 Å². The molecule has 4 N–H and O–H groups in total. The number of benzene rings is 1. The van der Waals surface area contributed by atoms with Crippen LogP contribution in [-0.2, 0) is 6.54 Å². The summed E-state index contributed by atoms with van der Waals surface area (Å²) in [5.41, 5.74) is 0.780. The number of phenols is 1. The maximum absolute atomic E-state index is 13.6. The highest BCUT2D eigenvalue weighted by Crippen LogP contribution is 2.32. The molecule has 8 nitrogen and oxygen atoms in total. The Morgan fingerprint density at radius 3 is 2.69 bits per heavy atom. The van der Waals surface area contributed by atoms with Crippen LogP contribution in [0, 0.1) is 5.82 Å². The van der Waals surface area contributed by atoms with Gasteiger partial charge in [-0.2, -0.15) is 9.97 Å². The number of phenolic OH excluding ortho intramolecular Hbond substituents is 1. The second-order valence-corrected chi connectivity index (χ2v) is 9.16. The molecule has 1 aliphatic carbocycles. The van der Waals surface area contributed by atoms with Crippen molar-refractivity contribution in [3.8, 4) is 5.75 Å². The molecule has 172 valence electrons. The molecule has 0 amide bonds. The van der Waals surface area contributed by atoms with Crippen molar-refractivity contribution in [2.75, 3.05) is 10.6 Å². The third-order valence-corrected chi connectivity index (χ3v) is 6.28. The maximum Gasteiger partial charge on any atom is 0.227 e. The second kappa shape index (κ2) is 8.90. The fourth-order valence-electron chi connectivity index (χ4n) is 3.98. The van der Waals surface area contributed by atoms with Crippen LogP contribution in [0.15, 0.2) is 24.5 Å². The smallest absolute Gasteiger partial charge is 0.227 e. The topological polar surface area (TPSA) is 108 Å². The summed E-state index contributed by atoms with van der Waals surface area (Å²) >= 11 is 0. The highest BCUT2D eigenvalue weighted by atomic mass is 19.1. The Bertz CT molecular complexity index is 1090. The minimum Gasteiger partial charge on any atom is -0.508 e. The first-order valence-electron chi connectivity index (χ1n) is 11.2.